The van der Waals surface area contributed by atoms with Crippen LogP contribution in [0.25, 0.3) is 0 Å². The highest BCUT2D eigenvalue weighted by atomic mass is 16.3. The molecule has 0 saturated heterocycles. The van der Waals surface area contributed by atoms with Crippen molar-refractivity contribution < 1.29 is 5.11 Å². The maximum atomic E-state index is 10.3. The molecule has 0 fully saturated rings. The van der Waals surface area contributed by atoms with Crippen LogP contribution >= 0.6 is 0 Å². The second kappa shape index (κ2) is 4.66. The standard InChI is InChI=1S/C19H22O/c1-13-9-14(2)18(20)17-12-19(3,11-16(13)17)10-15-7-5-4-6-8-15/h4-9,20H,10-12H2,1-3H3. The number of hydrogen-bond acceptors (Lipinski definition) is 1. The zero-order chi connectivity index (χ0) is 14.3. The average molecular weight is 266 g/mol. The molecule has 0 bridgehead atoms. The number of aromatic hydroxyl groups is 1. The van der Waals surface area contributed by atoms with E-state index < -0.39 is 0 Å². The quantitative estimate of drug-likeness (QED) is 0.856. The molecule has 0 saturated carbocycles. The molecule has 1 atom stereocenters. The Morgan fingerprint density at radius 2 is 1.65 bits per heavy atom. The Bertz CT molecular complexity index is 643. The summed E-state index contributed by atoms with van der Waals surface area (Å²) < 4.78 is 0. The lowest BCUT2D eigenvalue weighted by atomic mass is 9.81. The van der Waals surface area contributed by atoms with E-state index in [0.29, 0.717) is 5.75 Å². The van der Waals surface area contributed by atoms with E-state index in [9.17, 15) is 5.11 Å². The van der Waals surface area contributed by atoms with Crippen molar-refractivity contribution in [3.63, 3.8) is 0 Å². The highest BCUT2D eigenvalue weighted by Crippen LogP contribution is 2.45. The molecule has 1 heteroatoms. The molecule has 104 valence electrons. The van der Waals surface area contributed by atoms with Crippen molar-refractivity contribution in [1.82, 2.24) is 0 Å². The monoisotopic (exact) mass is 266 g/mol. The highest BCUT2D eigenvalue weighted by molar-refractivity contribution is 5.52. The van der Waals surface area contributed by atoms with Crippen LogP contribution in [0.2, 0.25) is 0 Å². The van der Waals surface area contributed by atoms with Gasteiger partial charge in [-0.3, -0.25) is 0 Å². The van der Waals surface area contributed by atoms with Gasteiger partial charge < -0.3 is 5.11 Å². The fraction of sp³-hybridized carbons (Fsp3) is 0.368. The number of hydrogen-bond donors (Lipinski definition) is 1. The van der Waals surface area contributed by atoms with E-state index in [1.54, 1.807) is 0 Å². The Balaban J connectivity index is 1.93. The van der Waals surface area contributed by atoms with Gasteiger partial charge >= 0.3 is 0 Å². The van der Waals surface area contributed by atoms with E-state index in [2.05, 4.69) is 50.2 Å². The number of fused-ring (bicyclic) bond motifs is 1. The van der Waals surface area contributed by atoms with Crippen LogP contribution in [0.3, 0.4) is 0 Å². The zero-order valence-corrected chi connectivity index (χ0v) is 12.5. The molecule has 1 N–H and O–H groups in total. The Morgan fingerprint density at radius 1 is 1.00 bits per heavy atom. The lowest BCUT2D eigenvalue weighted by Crippen LogP contribution is -2.19. The Hall–Kier alpha value is -1.76. The molecule has 3 rings (SSSR count). The van der Waals surface area contributed by atoms with Crippen molar-refractivity contribution in [3.8, 4) is 5.75 Å². The average Bonchev–Trinajstić information content (AvgIpc) is 2.76. The van der Waals surface area contributed by atoms with Gasteiger partial charge in [0.25, 0.3) is 0 Å². The molecule has 1 unspecified atom stereocenters. The molecular formula is C19H22O. The summed E-state index contributed by atoms with van der Waals surface area (Å²) in [5, 5.41) is 10.3. The maximum absolute atomic E-state index is 10.3. The molecule has 1 aliphatic carbocycles. The van der Waals surface area contributed by atoms with Crippen molar-refractivity contribution in [1.29, 1.82) is 0 Å². The third kappa shape index (κ3) is 2.22. The van der Waals surface area contributed by atoms with Gasteiger partial charge in [0, 0.05) is 0 Å². The van der Waals surface area contributed by atoms with E-state index in [1.807, 2.05) is 6.92 Å². The van der Waals surface area contributed by atoms with Crippen LogP contribution in [0.1, 0.15) is 34.7 Å². The fourth-order valence-electron chi connectivity index (χ4n) is 3.67. The van der Waals surface area contributed by atoms with Crippen molar-refractivity contribution >= 4 is 0 Å². The molecule has 1 aliphatic rings. The van der Waals surface area contributed by atoms with Crippen LogP contribution in [0.5, 0.6) is 5.75 Å². The van der Waals surface area contributed by atoms with Crippen LogP contribution in [0.15, 0.2) is 36.4 Å². The molecule has 0 radical (unpaired) electrons. The summed E-state index contributed by atoms with van der Waals surface area (Å²) in [6.45, 7) is 6.50. The normalized spacial score (nSPS) is 20.9. The van der Waals surface area contributed by atoms with Gasteiger partial charge in [0.05, 0.1) is 0 Å². The second-order valence-corrected chi connectivity index (χ2v) is 6.64. The van der Waals surface area contributed by atoms with Gasteiger partial charge in [-0.2, -0.15) is 0 Å². The minimum atomic E-state index is 0.222. The van der Waals surface area contributed by atoms with E-state index in [-0.39, 0.29) is 5.41 Å². The van der Waals surface area contributed by atoms with Crippen LogP contribution in [0, 0.1) is 19.3 Å². The molecular weight excluding hydrogens is 244 g/mol. The summed E-state index contributed by atoms with van der Waals surface area (Å²) in [6, 6.07) is 12.8. The maximum Gasteiger partial charge on any atom is 0.121 e. The summed E-state index contributed by atoms with van der Waals surface area (Å²) in [7, 11) is 0. The third-order valence-corrected chi connectivity index (χ3v) is 4.61. The topological polar surface area (TPSA) is 20.2 Å². The van der Waals surface area contributed by atoms with Crippen LogP contribution < -0.4 is 0 Å². The van der Waals surface area contributed by atoms with Crippen molar-refractivity contribution in [2.75, 3.05) is 0 Å². The van der Waals surface area contributed by atoms with E-state index in [0.717, 1.165) is 24.8 Å². The molecule has 1 nitrogen and oxygen atoms in total. The lowest BCUT2D eigenvalue weighted by molar-refractivity contribution is 0.340. The second-order valence-electron chi connectivity index (χ2n) is 6.64. The van der Waals surface area contributed by atoms with Crippen LogP contribution in [-0.4, -0.2) is 5.11 Å². The smallest absolute Gasteiger partial charge is 0.121 e. The number of rotatable bonds is 2. The Labute approximate surface area is 121 Å². The zero-order valence-electron chi connectivity index (χ0n) is 12.5. The number of phenolic OH excluding ortho intramolecular Hbond substituents is 1. The molecule has 2 aromatic carbocycles. The summed E-state index contributed by atoms with van der Waals surface area (Å²) in [5.74, 6) is 0.516. The molecule has 20 heavy (non-hydrogen) atoms. The Kier molecular flexibility index (Phi) is 3.08. The largest absolute Gasteiger partial charge is 0.507 e. The number of benzene rings is 2. The summed E-state index contributed by atoms with van der Waals surface area (Å²) in [5.41, 5.74) is 6.49. The van der Waals surface area contributed by atoms with Gasteiger partial charge in [0.2, 0.25) is 0 Å². The summed E-state index contributed by atoms with van der Waals surface area (Å²) in [4.78, 5) is 0. The minimum absolute atomic E-state index is 0.222. The van der Waals surface area contributed by atoms with Gasteiger partial charge in [-0.1, -0.05) is 43.3 Å². The summed E-state index contributed by atoms with van der Waals surface area (Å²) >= 11 is 0. The lowest BCUT2D eigenvalue weighted by Gasteiger charge is -2.23. The predicted octanol–water partition coefficient (Wildman–Crippen LogP) is 4.36. The Morgan fingerprint density at radius 3 is 2.35 bits per heavy atom. The molecule has 2 aromatic rings. The van der Waals surface area contributed by atoms with Gasteiger partial charge in [-0.25, -0.2) is 0 Å². The van der Waals surface area contributed by atoms with Gasteiger partial charge in [0.1, 0.15) is 5.75 Å². The third-order valence-electron chi connectivity index (χ3n) is 4.61. The number of aryl methyl sites for hydroxylation is 2. The van der Waals surface area contributed by atoms with Crippen molar-refractivity contribution in [2.24, 2.45) is 5.41 Å². The first kappa shape index (κ1) is 13.2. The van der Waals surface area contributed by atoms with Crippen LogP contribution in [0.4, 0.5) is 0 Å². The van der Waals surface area contributed by atoms with Crippen LogP contribution in [-0.2, 0) is 19.3 Å². The fourth-order valence-corrected chi connectivity index (χ4v) is 3.67. The van der Waals surface area contributed by atoms with E-state index in [1.165, 1.54) is 22.3 Å². The van der Waals surface area contributed by atoms with Gasteiger partial charge in [-0.15, -0.1) is 0 Å². The SMILES string of the molecule is Cc1cc(C)c2c(c1O)CC(C)(Cc1ccccc1)C2. The summed E-state index contributed by atoms with van der Waals surface area (Å²) in [6.07, 6.45) is 3.11. The highest BCUT2D eigenvalue weighted by Gasteiger charge is 2.35. The van der Waals surface area contributed by atoms with E-state index in [4.69, 9.17) is 0 Å². The predicted molar refractivity (Wildman–Crippen MR) is 83.2 cm³/mol. The first-order valence-corrected chi connectivity index (χ1v) is 7.33. The van der Waals surface area contributed by atoms with E-state index >= 15 is 0 Å². The minimum Gasteiger partial charge on any atom is -0.507 e. The van der Waals surface area contributed by atoms with Gasteiger partial charge in [-0.05, 0) is 66.3 Å². The van der Waals surface area contributed by atoms with Gasteiger partial charge in [0.15, 0.2) is 0 Å². The molecule has 0 aliphatic heterocycles. The molecule has 0 aromatic heterocycles. The molecule has 0 amide bonds. The van der Waals surface area contributed by atoms with Crippen molar-refractivity contribution in [3.05, 3.63) is 64.2 Å². The van der Waals surface area contributed by atoms with Crippen molar-refractivity contribution in [2.45, 2.75) is 40.0 Å². The molecule has 0 heterocycles. The molecule has 0 spiro atoms. The number of phenols is 1. The first-order chi connectivity index (χ1) is 9.48. The first-order valence-electron chi connectivity index (χ1n) is 7.33.